The Morgan fingerprint density at radius 3 is 2.31 bits per heavy atom. The van der Waals surface area contributed by atoms with Crippen LogP contribution in [-0.2, 0) is 0 Å². The summed E-state index contributed by atoms with van der Waals surface area (Å²) in [6.07, 6.45) is -0.417. The molecule has 13 heavy (non-hydrogen) atoms. The Morgan fingerprint density at radius 1 is 1.31 bits per heavy atom. The molecule has 1 heterocycles. The number of nitrogens with zero attached hydrogens (tertiary/aromatic N) is 2. The normalized spacial score (nSPS) is 16.2. The smallest absolute Gasteiger partial charge is 0.0944 e. The molecule has 3 nitrogen and oxygen atoms in total. The molecule has 1 aromatic rings. The van der Waals surface area contributed by atoms with E-state index in [1.165, 1.54) is 11.5 Å². The minimum atomic E-state index is -0.417. The molecule has 0 bridgehead atoms. The molecule has 2 atom stereocenters. The summed E-state index contributed by atoms with van der Waals surface area (Å²) in [6, 6.07) is 0. The minimum absolute atomic E-state index is 0.251. The molecule has 74 valence electrons. The Morgan fingerprint density at radius 2 is 1.92 bits per heavy atom. The Bertz CT molecular complexity index is 272. The molecular formula is C9H16N2OS. The molecule has 2 unspecified atom stereocenters. The second-order valence-corrected chi connectivity index (χ2v) is 4.56. The van der Waals surface area contributed by atoms with Gasteiger partial charge in [0.2, 0.25) is 0 Å². The maximum Gasteiger partial charge on any atom is 0.0944 e. The van der Waals surface area contributed by atoms with E-state index in [0.717, 1.165) is 10.6 Å². The SMILES string of the molecule is Cc1nnsc1C(O)C(C)C(C)C. The highest BCUT2D eigenvalue weighted by Crippen LogP contribution is 2.30. The van der Waals surface area contributed by atoms with Gasteiger partial charge < -0.3 is 5.11 Å². The molecule has 0 aliphatic carbocycles. The number of hydrogen-bond acceptors (Lipinski definition) is 4. The second-order valence-electron chi connectivity index (χ2n) is 3.77. The number of aryl methyl sites for hydroxylation is 1. The van der Waals surface area contributed by atoms with Crippen LogP contribution in [0.25, 0.3) is 0 Å². The van der Waals surface area contributed by atoms with Crippen molar-refractivity contribution in [3.05, 3.63) is 10.6 Å². The number of aromatic nitrogens is 2. The summed E-state index contributed by atoms with van der Waals surface area (Å²) < 4.78 is 3.82. The molecule has 0 amide bonds. The van der Waals surface area contributed by atoms with Crippen molar-refractivity contribution in [3.63, 3.8) is 0 Å². The molecule has 4 heteroatoms. The van der Waals surface area contributed by atoms with Gasteiger partial charge in [0.1, 0.15) is 0 Å². The van der Waals surface area contributed by atoms with Crippen LogP contribution in [0.1, 0.15) is 37.4 Å². The van der Waals surface area contributed by atoms with Crippen LogP contribution in [0.5, 0.6) is 0 Å². The van der Waals surface area contributed by atoms with Gasteiger partial charge in [-0.2, -0.15) is 0 Å². The monoisotopic (exact) mass is 200 g/mol. The Labute approximate surface area is 83.0 Å². The number of aliphatic hydroxyl groups excluding tert-OH is 1. The average Bonchev–Trinajstić information content (AvgIpc) is 2.48. The molecule has 1 aromatic heterocycles. The van der Waals surface area contributed by atoms with Gasteiger partial charge in [-0.15, -0.1) is 5.10 Å². The van der Waals surface area contributed by atoms with E-state index in [1.54, 1.807) is 0 Å². The summed E-state index contributed by atoms with van der Waals surface area (Å²) in [5.41, 5.74) is 0.852. The van der Waals surface area contributed by atoms with Gasteiger partial charge in [-0.3, -0.25) is 0 Å². The molecular weight excluding hydrogens is 184 g/mol. The van der Waals surface area contributed by atoms with E-state index in [4.69, 9.17) is 0 Å². The summed E-state index contributed by atoms with van der Waals surface area (Å²) in [4.78, 5) is 0.904. The van der Waals surface area contributed by atoms with Crippen molar-refractivity contribution in [1.29, 1.82) is 0 Å². The van der Waals surface area contributed by atoms with E-state index in [2.05, 4.69) is 30.4 Å². The fourth-order valence-corrected chi connectivity index (χ4v) is 1.86. The highest BCUT2D eigenvalue weighted by molar-refractivity contribution is 7.05. The van der Waals surface area contributed by atoms with Gasteiger partial charge >= 0.3 is 0 Å². The second kappa shape index (κ2) is 4.15. The first-order valence-electron chi connectivity index (χ1n) is 4.51. The fraction of sp³-hybridized carbons (Fsp3) is 0.778. The first-order valence-corrected chi connectivity index (χ1v) is 5.28. The largest absolute Gasteiger partial charge is 0.387 e. The third kappa shape index (κ3) is 2.25. The van der Waals surface area contributed by atoms with Crippen LogP contribution in [0.4, 0.5) is 0 Å². The van der Waals surface area contributed by atoms with Gasteiger partial charge in [-0.05, 0) is 30.3 Å². The summed E-state index contributed by atoms with van der Waals surface area (Å²) in [5, 5.41) is 13.8. The zero-order chi connectivity index (χ0) is 10.0. The zero-order valence-electron chi connectivity index (χ0n) is 8.48. The van der Waals surface area contributed by atoms with Gasteiger partial charge in [-0.1, -0.05) is 25.3 Å². The van der Waals surface area contributed by atoms with Crippen LogP contribution in [-0.4, -0.2) is 14.7 Å². The highest BCUT2D eigenvalue weighted by Gasteiger charge is 2.23. The predicted octanol–water partition coefficient (Wildman–Crippen LogP) is 2.17. The molecule has 0 aromatic carbocycles. The topological polar surface area (TPSA) is 46.0 Å². The molecule has 0 fully saturated rings. The van der Waals surface area contributed by atoms with Gasteiger partial charge in [0.25, 0.3) is 0 Å². The lowest BCUT2D eigenvalue weighted by Gasteiger charge is -2.20. The number of hydrogen-bond donors (Lipinski definition) is 1. The van der Waals surface area contributed by atoms with Crippen molar-refractivity contribution in [3.8, 4) is 0 Å². The van der Waals surface area contributed by atoms with Crippen molar-refractivity contribution in [2.45, 2.75) is 33.8 Å². The molecule has 1 rings (SSSR count). The van der Waals surface area contributed by atoms with Crippen molar-refractivity contribution < 1.29 is 5.11 Å². The maximum absolute atomic E-state index is 9.96. The van der Waals surface area contributed by atoms with Crippen LogP contribution in [0.3, 0.4) is 0 Å². The lowest BCUT2D eigenvalue weighted by Crippen LogP contribution is -2.14. The Balaban J connectivity index is 2.79. The number of aliphatic hydroxyl groups is 1. The molecule has 0 spiro atoms. The van der Waals surface area contributed by atoms with Crippen LogP contribution >= 0.6 is 11.5 Å². The number of rotatable bonds is 3. The van der Waals surface area contributed by atoms with E-state index in [0.29, 0.717) is 5.92 Å². The summed E-state index contributed by atoms with van der Waals surface area (Å²) in [7, 11) is 0. The lowest BCUT2D eigenvalue weighted by molar-refractivity contribution is 0.0946. The van der Waals surface area contributed by atoms with Crippen LogP contribution < -0.4 is 0 Å². The molecule has 0 aliphatic heterocycles. The van der Waals surface area contributed by atoms with Crippen LogP contribution in [0.15, 0.2) is 0 Å². The molecule has 1 N–H and O–H groups in total. The van der Waals surface area contributed by atoms with E-state index in [9.17, 15) is 5.11 Å². The molecule has 0 saturated heterocycles. The van der Waals surface area contributed by atoms with E-state index >= 15 is 0 Å². The van der Waals surface area contributed by atoms with Crippen molar-refractivity contribution in [1.82, 2.24) is 9.59 Å². The third-order valence-corrected chi connectivity index (χ3v) is 3.40. The molecule has 0 aliphatic rings. The Hall–Kier alpha value is -0.480. The summed E-state index contributed by atoms with van der Waals surface area (Å²) in [6.45, 7) is 8.15. The van der Waals surface area contributed by atoms with Crippen LogP contribution in [0, 0.1) is 18.8 Å². The first-order chi connectivity index (χ1) is 6.04. The first kappa shape index (κ1) is 10.6. The van der Waals surface area contributed by atoms with Gasteiger partial charge in [-0.25, -0.2) is 0 Å². The molecule has 0 saturated carbocycles. The van der Waals surface area contributed by atoms with Gasteiger partial charge in [0.15, 0.2) is 0 Å². The minimum Gasteiger partial charge on any atom is -0.387 e. The van der Waals surface area contributed by atoms with E-state index < -0.39 is 6.10 Å². The van der Waals surface area contributed by atoms with E-state index in [1.807, 2.05) is 6.92 Å². The Kier molecular flexibility index (Phi) is 3.39. The highest BCUT2D eigenvalue weighted by atomic mass is 32.1. The third-order valence-electron chi connectivity index (χ3n) is 2.50. The zero-order valence-corrected chi connectivity index (χ0v) is 9.30. The standard InChI is InChI=1S/C9H16N2OS/c1-5(2)6(3)8(12)9-7(4)10-11-13-9/h5-6,8,12H,1-4H3. The summed E-state index contributed by atoms with van der Waals surface area (Å²) >= 11 is 1.29. The average molecular weight is 200 g/mol. The summed E-state index contributed by atoms with van der Waals surface area (Å²) in [5.74, 6) is 0.720. The maximum atomic E-state index is 9.96. The van der Waals surface area contributed by atoms with Crippen molar-refractivity contribution >= 4 is 11.5 Å². The quantitative estimate of drug-likeness (QED) is 0.813. The van der Waals surface area contributed by atoms with Gasteiger partial charge in [0, 0.05) is 0 Å². The van der Waals surface area contributed by atoms with Crippen molar-refractivity contribution in [2.24, 2.45) is 11.8 Å². The van der Waals surface area contributed by atoms with Gasteiger partial charge in [0.05, 0.1) is 16.7 Å². The fourth-order valence-electron chi connectivity index (χ4n) is 1.11. The predicted molar refractivity (Wildman–Crippen MR) is 53.6 cm³/mol. The molecule has 0 radical (unpaired) electrons. The lowest BCUT2D eigenvalue weighted by atomic mass is 9.91. The van der Waals surface area contributed by atoms with Crippen LogP contribution in [0.2, 0.25) is 0 Å². The van der Waals surface area contributed by atoms with E-state index in [-0.39, 0.29) is 5.92 Å². The van der Waals surface area contributed by atoms with Crippen molar-refractivity contribution in [2.75, 3.05) is 0 Å².